The Kier molecular flexibility index (Phi) is 5.96. The summed E-state index contributed by atoms with van der Waals surface area (Å²) in [7, 11) is 0. The Labute approximate surface area is 170 Å². The summed E-state index contributed by atoms with van der Waals surface area (Å²) >= 11 is 0. The largest absolute Gasteiger partial charge is 0.444 e. The zero-order chi connectivity index (χ0) is 21.2. The van der Waals surface area contributed by atoms with Crippen molar-refractivity contribution in [1.29, 1.82) is 0 Å². The molecule has 3 rings (SSSR count). The molecule has 1 aliphatic carbocycles. The number of aromatic nitrogens is 1. The van der Waals surface area contributed by atoms with E-state index < -0.39 is 5.60 Å². The van der Waals surface area contributed by atoms with Gasteiger partial charge in [-0.1, -0.05) is 13.0 Å². The molecule has 1 atom stereocenters. The molecule has 7 nitrogen and oxygen atoms in total. The number of benzene rings is 1. The predicted octanol–water partition coefficient (Wildman–Crippen LogP) is 5.66. The molecule has 1 amide bonds. The lowest BCUT2D eigenvalue weighted by atomic mass is 9.89. The molecule has 1 aromatic carbocycles. The average Bonchev–Trinajstić information content (AvgIpc) is 3.08. The number of fused-ring (bicyclic) bond motifs is 1. The maximum absolute atomic E-state index is 12.6. The van der Waals surface area contributed by atoms with E-state index in [0.717, 1.165) is 42.1 Å². The molecule has 2 aromatic rings. The highest BCUT2D eigenvalue weighted by Crippen LogP contribution is 2.34. The second-order valence-electron chi connectivity index (χ2n) is 8.52. The molecule has 0 saturated carbocycles. The predicted molar refractivity (Wildman–Crippen MR) is 114 cm³/mol. The summed E-state index contributed by atoms with van der Waals surface area (Å²) in [6.45, 7) is 8.39. The molecule has 0 radical (unpaired) electrons. The molecule has 156 valence electrons. The molecule has 1 N–H and O–H groups in total. The van der Waals surface area contributed by atoms with Crippen molar-refractivity contribution in [2.75, 3.05) is 6.54 Å². The first-order chi connectivity index (χ1) is 13.7. The minimum absolute atomic E-state index is 0.0798. The van der Waals surface area contributed by atoms with Gasteiger partial charge in [0.2, 0.25) is 0 Å². The Morgan fingerprint density at radius 3 is 2.72 bits per heavy atom. The van der Waals surface area contributed by atoms with E-state index in [1.165, 1.54) is 11.6 Å². The summed E-state index contributed by atoms with van der Waals surface area (Å²) in [5, 5.41) is 12.0. The highest BCUT2D eigenvalue weighted by Gasteiger charge is 2.29. The van der Waals surface area contributed by atoms with Crippen LogP contribution in [0.1, 0.15) is 58.9 Å². The van der Waals surface area contributed by atoms with Crippen LogP contribution >= 0.6 is 0 Å². The molecule has 29 heavy (non-hydrogen) atoms. The number of carbonyl (C=O) groups is 1. The Balaban J connectivity index is 1.78. The number of nitro groups is 1. The van der Waals surface area contributed by atoms with Crippen molar-refractivity contribution < 1.29 is 14.5 Å². The number of rotatable bonds is 5. The molecule has 1 aromatic heterocycles. The average molecular weight is 399 g/mol. The maximum atomic E-state index is 12.6. The van der Waals surface area contributed by atoms with Gasteiger partial charge in [-0.2, -0.15) is 0 Å². The van der Waals surface area contributed by atoms with Gasteiger partial charge in [-0.25, -0.2) is 4.79 Å². The molecule has 0 bridgehead atoms. The van der Waals surface area contributed by atoms with Crippen molar-refractivity contribution in [3.05, 3.63) is 46.1 Å². The molecule has 0 aliphatic heterocycles. The number of nitro benzene ring substituents is 1. The summed E-state index contributed by atoms with van der Waals surface area (Å²) < 4.78 is 5.60. The van der Waals surface area contributed by atoms with Crippen LogP contribution in [0.25, 0.3) is 16.5 Å². The van der Waals surface area contributed by atoms with Gasteiger partial charge in [-0.05, 0) is 58.1 Å². The Morgan fingerprint density at radius 2 is 2.14 bits per heavy atom. The molecule has 1 heterocycles. The molecule has 1 aliphatic rings. The first-order valence-corrected chi connectivity index (χ1v) is 10.1. The van der Waals surface area contributed by atoms with Gasteiger partial charge in [-0.15, -0.1) is 0 Å². The number of ether oxygens (including phenoxy) is 1. The minimum atomic E-state index is -0.509. The van der Waals surface area contributed by atoms with Gasteiger partial charge < -0.3 is 14.6 Å². The number of hydrogen-bond donors (Lipinski definition) is 1. The minimum Gasteiger partial charge on any atom is -0.444 e. The first-order valence-electron chi connectivity index (χ1n) is 10.1. The normalized spacial score (nSPS) is 17.1. The zero-order valence-electron chi connectivity index (χ0n) is 17.5. The highest BCUT2D eigenvalue weighted by atomic mass is 16.6. The standard InChI is InChI=1S/C22H29N3O4/c1-5-12-24(21(26)29-22(2,3)4)16-8-6-15(7-9-16)19-14-23-20-13-17(25(27)28)10-11-18(19)20/h6,10-11,13-14,16,23H,5,7-9,12H2,1-4H3. The van der Waals surface area contributed by atoms with E-state index >= 15 is 0 Å². The second kappa shape index (κ2) is 8.27. The van der Waals surface area contributed by atoms with Gasteiger partial charge in [0.1, 0.15) is 5.60 Å². The number of amides is 1. The lowest BCUT2D eigenvalue weighted by molar-refractivity contribution is -0.384. The lowest BCUT2D eigenvalue weighted by Gasteiger charge is -2.35. The fraction of sp³-hybridized carbons (Fsp3) is 0.500. The number of non-ortho nitro benzene ring substituents is 1. The van der Waals surface area contributed by atoms with Crippen molar-refractivity contribution in [2.45, 2.75) is 65.0 Å². The summed E-state index contributed by atoms with van der Waals surface area (Å²) in [5.74, 6) is 0. The monoisotopic (exact) mass is 399 g/mol. The van der Waals surface area contributed by atoms with Crippen molar-refractivity contribution in [2.24, 2.45) is 0 Å². The van der Waals surface area contributed by atoms with Crippen LogP contribution in [0.4, 0.5) is 10.5 Å². The van der Waals surface area contributed by atoms with Gasteiger partial charge >= 0.3 is 6.09 Å². The second-order valence-corrected chi connectivity index (χ2v) is 8.52. The van der Waals surface area contributed by atoms with Crippen LogP contribution in [0, 0.1) is 10.1 Å². The van der Waals surface area contributed by atoms with Crippen molar-refractivity contribution in [1.82, 2.24) is 9.88 Å². The van der Waals surface area contributed by atoms with Crippen LogP contribution in [-0.2, 0) is 4.74 Å². The van der Waals surface area contributed by atoms with Crippen LogP contribution < -0.4 is 0 Å². The number of allylic oxidation sites excluding steroid dienone is 1. The Morgan fingerprint density at radius 1 is 1.38 bits per heavy atom. The highest BCUT2D eigenvalue weighted by molar-refractivity contribution is 5.93. The van der Waals surface area contributed by atoms with E-state index in [9.17, 15) is 14.9 Å². The third-order valence-electron chi connectivity index (χ3n) is 5.14. The Hall–Kier alpha value is -2.83. The summed E-state index contributed by atoms with van der Waals surface area (Å²) in [6, 6.07) is 5.03. The van der Waals surface area contributed by atoms with E-state index in [2.05, 4.69) is 18.0 Å². The van der Waals surface area contributed by atoms with Crippen molar-refractivity contribution >= 4 is 28.3 Å². The SMILES string of the molecule is CCCN(C(=O)OC(C)(C)C)C1CC=C(c2c[nH]c3cc([N+](=O)[O-])ccc23)CC1. The molecule has 1 unspecified atom stereocenters. The lowest BCUT2D eigenvalue weighted by Crippen LogP contribution is -2.44. The molecule has 0 fully saturated rings. The summed E-state index contributed by atoms with van der Waals surface area (Å²) in [6.07, 6.45) is 7.22. The van der Waals surface area contributed by atoms with Crippen molar-refractivity contribution in [3.63, 3.8) is 0 Å². The quantitative estimate of drug-likeness (QED) is 0.519. The third-order valence-corrected chi connectivity index (χ3v) is 5.14. The number of nitrogens with zero attached hydrogens (tertiary/aromatic N) is 2. The third kappa shape index (κ3) is 4.78. The zero-order valence-corrected chi connectivity index (χ0v) is 17.5. The van der Waals surface area contributed by atoms with Crippen LogP contribution in [-0.4, -0.2) is 39.1 Å². The first kappa shape index (κ1) is 20.9. The molecule has 7 heteroatoms. The van der Waals surface area contributed by atoms with E-state index in [1.54, 1.807) is 12.1 Å². The number of hydrogen-bond acceptors (Lipinski definition) is 4. The Bertz CT molecular complexity index is 939. The number of nitrogens with one attached hydrogen (secondary N) is 1. The van der Waals surface area contributed by atoms with Gasteiger partial charge in [0.05, 0.1) is 10.4 Å². The topological polar surface area (TPSA) is 88.5 Å². The van der Waals surface area contributed by atoms with Gasteiger partial charge in [0.25, 0.3) is 5.69 Å². The number of aromatic amines is 1. The maximum Gasteiger partial charge on any atom is 0.410 e. The molecule has 0 saturated heterocycles. The molecular weight excluding hydrogens is 370 g/mol. The van der Waals surface area contributed by atoms with E-state index in [4.69, 9.17) is 4.74 Å². The van der Waals surface area contributed by atoms with Gasteiger partial charge in [0.15, 0.2) is 0 Å². The summed E-state index contributed by atoms with van der Waals surface area (Å²) in [5.41, 5.74) is 2.62. The number of carbonyl (C=O) groups excluding carboxylic acids is 1. The van der Waals surface area contributed by atoms with Crippen LogP contribution in [0.5, 0.6) is 0 Å². The summed E-state index contributed by atoms with van der Waals surface area (Å²) in [4.78, 5) is 28.3. The van der Waals surface area contributed by atoms with E-state index in [1.807, 2.05) is 31.9 Å². The van der Waals surface area contributed by atoms with Gasteiger partial charge in [-0.3, -0.25) is 10.1 Å². The van der Waals surface area contributed by atoms with E-state index in [0.29, 0.717) is 6.54 Å². The molecule has 0 spiro atoms. The number of H-pyrrole nitrogens is 1. The van der Waals surface area contributed by atoms with Crippen LogP contribution in [0.15, 0.2) is 30.5 Å². The van der Waals surface area contributed by atoms with Crippen LogP contribution in [0.2, 0.25) is 0 Å². The smallest absolute Gasteiger partial charge is 0.410 e. The fourth-order valence-electron chi connectivity index (χ4n) is 3.83. The van der Waals surface area contributed by atoms with E-state index in [-0.39, 0.29) is 22.7 Å². The fourth-order valence-corrected chi connectivity index (χ4v) is 3.83. The van der Waals surface area contributed by atoms with Gasteiger partial charge in [0, 0.05) is 41.9 Å². The van der Waals surface area contributed by atoms with Crippen molar-refractivity contribution in [3.8, 4) is 0 Å². The molecular formula is C22H29N3O4. The van der Waals surface area contributed by atoms with Crippen LogP contribution in [0.3, 0.4) is 0 Å².